The molecule has 0 saturated heterocycles. The molecular weight excluding hydrogens is 276 g/mol. The number of aromatic nitrogens is 3. The van der Waals surface area contributed by atoms with Crippen molar-refractivity contribution >= 4 is 34.0 Å². The van der Waals surface area contributed by atoms with E-state index in [0.29, 0.717) is 5.02 Å². The number of rotatable bonds is 2. The third kappa shape index (κ3) is 2.16. The van der Waals surface area contributed by atoms with Gasteiger partial charge in [0.05, 0.1) is 22.6 Å². The van der Waals surface area contributed by atoms with Gasteiger partial charge >= 0.3 is 0 Å². The van der Waals surface area contributed by atoms with E-state index in [9.17, 15) is 5.11 Å². The van der Waals surface area contributed by atoms with Crippen molar-refractivity contribution in [3.05, 3.63) is 41.2 Å². The van der Waals surface area contributed by atoms with Crippen molar-refractivity contribution in [3.63, 3.8) is 0 Å². The molecule has 2 N–H and O–H groups in total. The zero-order chi connectivity index (χ0) is 14.3. The van der Waals surface area contributed by atoms with E-state index in [4.69, 9.17) is 11.6 Å². The number of phenolic OH excluding ortho intramolecular Hbond substituents is 1. The van der Waals surface area contributed by atoms with Gasteiger partial charge in [0.15, 0.2) is 5.65 Å². The van der Waals surface area contributed by atoms with Crippen LogP contribution in [0, 0.1) is 6.92 Å². The number of fused-ring (bicyclic) bond motifs is 1. The van der Waals surface area contributed by atoms with E-state index in [2.05, 4.69) is 15.4 Å². The Kier molecular flexibility index (Phi) is 2.99. The Bertz CT molecular complexity index is 797. The van der Waals surface area contributed by atoms with Gasteiger partial charge in [0.25, 0.3) is 0 Å². The average Bonchev–Trinajstić information content (AvgIpc) is 2.69. The van der Waals surface area contributed by atoms with E-state index in [-0.39, 0.29) is 5.75 Å². The number of phenols is 1. The maximum atomic E-state index is 9.41. The first-order chi connectivity index (χ1) is 9.54. The van der Waals surface area contributed by atoms with Crippen molar-refractivity contribution < 1.29 is 5.11 Å². The summed E-state index contributed by atoms with van der Waals surface area (Å²) in [6, 6.07) is 6.95. The standard InChI is InChI=1S/C14H13ClN4O/c1-8-11-5-10(7-16-14(11)19(2)18-8)17-9-3-4-13(20)12(15)6-9/h3-7,17,20H,1-2H3. The summed E-state index contributed by atoms with van der Waals surface area (Å²) >= 11 is 5.88. The predicted molar refractivity (Wildman–Crippen MR) is 79.6 cm³/mol. The maximum Gasteiger partial charge on any atom is 0.157 e. The molecule has 0 amide bonds. The van der Waals surface area contributed by atoms with E-state index < -0.39 is 0 Å². The highest BCUT2D eigenvalue weighted by Gasteiger charge is 2.07. The number of halogens is 1. The molecule has 5 nitrogen and oxygen atoms in total. The number of aryl methyl sites for hydroxylation is 2. The van der Waals surface area contributed by atoms with E-state index >= 15 is 0 Å². The number of hydrogen-bond acceptors (Lipinski definition) is 4. The monoisotopic (exact) mass is 288 g/mol. The molecule has 0 fully saturated rings. The fraction of sp³-hybridized carbons (Fsp3) is 0.143. The second kappa shape index (κ2) is 4.68. The zero-order valence-corrected chi connectivity index (χ0v) is 11.8. The molecule has 20 heavy (non-hydrogen) atoms. The van der Waals surface area contributed by atoms with Crippen molar-refractivity contribution in [2.24, 2.45) is 7.05 Å². The molecule has 0 atom stereocenters. The quantitative estimate of drug-likeness (QED) is 0.710. The van der Waals surface area contributed by atoms with Crippen LogP contribution in [-0.4, -0.2) is 19.9 Å². The Morgan fingerprint density at radius 2 is 2.05 bits per heavy atom. The summed E-state index contributed by atoms with van der Waals surface area (Å²) in [4.78, 5) is 4.39. The van der Waals surface area contributed by atoms with E-state index in [1.54, 1.807) is 29.1 Å². The fourth-order valence-electron chi connectivity index (χ4n) is 2.13. The highest BCUT2D eigenvalue weighted by molar-refractivity contribution is 6.32. The smallest absolute Gasteiger partial charge is 0.157 e. The molecule has 3 aromatic rings. The van der Waals surface area contributed by atoms with Crippen LogP contribution in [0.2, 0.25) is 5.02 Å². The van der Waals surface area contributed by atoms with Crippen LogP contribution in [0.15, 0.2) is 30.5 Å². The van der Waals surface area contributed by atoms with Crippen molar-refractivity contribution in [2.45, 2.75) is 6.92 Å². The van der Waals surface area contributed by atoms with Gasteiger partial charge in [-0.25, -0.2) is 4.98 Å². The number of nitrogens with one attached hydrogen (secondary N) is 1. The summed E-state index contributed by atoms with van der Waals surface area (Å²) in [5.74, 6) is 0.0638. The van der Waals surface area contributed by atoms with Crippen LogP contribution >= 0.6 is 11.6 Å². The topological polar surface area (TPSA) is 63.0 Å². The molecule has 0 radical (unpaired) electrons. The molecule has 102 valence electrons. The van der Waals surface area contributed by atoms with E-state index in [1.807, 2.05) is 20.0 Å². The summed E-state index contributed by atoms with van der Waals surface area (Å²) in [5, 5.41) is 18.3. The van der Waals surface area contributed by atoms with Gasteiger partial charge in [-0.1, -0.05) is 11.6 Å². The summed E-state index contributed by atoms with van der Waals surface area (Å²) < 4.78 is 1.76. The Labute approximate surface area is 120 Å². The van der Waals surface area contributed by atoms with Crippen molar-refractivity contribution in [3.8, 4) is 5.75 Å². The molecule has 6 heteroatoms. The minimum atomic E-state index is 0.0638. The van der Waals surface area contributed by atoms with Gasteiger partial charge < -0.3 is 10.4 Å². The molecule has 0 aliphatic carbocycles. The third-order valence-corrected chi connectivity index (χ3v) is 3.40. The van der Waals surface area contributed by atoms with E-state index in [0.717, 1.165) is 28.1 Å². The number of pyridine rings is 1. The molecule has 1 aromatic carbocycles. The van der Waals surface area contributed by atoms with E-state index in [1.165, 1.54) is 0 Å². The average molecular weight is 289 g/mol. The normalized spacial score (nSPS) is 10.9. The lowest BCUT2D eigenvalue weighted by molar-refractivity contribution is 0.475. The van der Waals surface area contributed by atoms with Crippen LogP contribution in [0.3, 0.4) is 0 Å². The molecule has 2 aromatic heterocycles. The highest BCUT2D eigenvalue weighted by Crippen LogP contribution is 2.28. The molecule has 0 aliphatic heterocycles. The first-order valence-corrected chi connectivity index (χ1v) is 6.47. The number of hydrogen-bond donors (Lipinski definition) is 2. The molecule has 0 spiro atoms. The van der Waals surface area contributed by atoms with Gasteiger partial charge in [-0.3, -0.25) is 4.68 Å². The van der Waals surface area contributed by atoms with Crippen LogP contribution in [-0.2, 0) is 7.05 Å². The van der Waals surface area contributed by atoms with Crippen LogP contribution in [0.4, 0.5) is 11.4 Å². The predicted octanol–water partition coefficient (Wildman–Crippen LogP) is 3.38. The largest absolute Gasteiger partial charge is 0.506 e. The molecule has 2 heterocycles. The SMILES string of the molecule is Cc1nn(C)c2ncc(Nc3ccc(O)c(Cl)c3)cc12. The minimum absolute atomic E-state index is 0.0638. The second-order valence-corrected chi connectivity index (χ2v) is 5.00. The van der Waals surface area contributed by atoms with Crippen molar-refractivity contribution in [2.75, 3.05) is 5.32 Å². The lowest BCUT2D eigenvalue weighted by Crippen LogP contribution is -1.94. The zero-order valence-electron chi connectivity index (χ0n) is 11.1. The molecular formula is C14H13ClN4O. The Morgan fingerprint density at radius 1 is 1.25 bits per heavy atom. The minimum Gasteiger partial charge on any atom is -0.506 e. The number of nitrogens with zero attached hydrogens (tertiary/aromatic N) is 3. The number of benzene rings is 1. The number of anilines is 2. The van der Waals surface area contributed by atoms with Crippen LogP contribution in [0.25, 0.3) is 11.0 Å². The summed E-state index contributed by atoms with van der Waals surface area (Å²) in [5.41, 5.74) is 3.41. The van der Waals surface area contributed by atoms with Gasteiger partial charge in [-0.2, -0.15) is 5.10 Å². The van der Waals surface area contributed by atoms with Crippen molar-refractivity contribution in [1.29, 1.82) is 0 Å². The first kappa shape index (κ1) is 12.7. The lowest BCUT2D eigenvalue weighted by Gasteiger charge is -2.07. The fourth-order valence-corrected chi connectivity index (χ4v) is 2.31. The van der Waals surface area contributed by atoms with Crippen LogP contribution in [0.5, 0.6) is 5.75 Å². The van der Waals surface area contributed by atoms with Gasteiger partial charge in [0.1, 0.15) is 5.75 Å². The van der Waals surface area contributed by atoms with Gasteiger partial charge in [-0.05, 0) is 31.2 Å². The second-order valence-electron chi connectivity index (χ2n) is 4.60. The highest BCUT2D eigenvalue weighted by atomic mass is 35.5. The lowest BCUT2D eigenvalue weighted by atomic mass is 10.2. The summed E-state index contributed by atoms with van der Waals surface area (Å²) in [6.07, 6.45) is 1.74. The summed E-state index contributed by atoms with van der Waals surface area (Å²) in [6.45, 7) is 1.95. The molecule has 0 unspecified atom stereocenters. The van der Waals surface area contributed by atoms with Crippen LogP contribution in [0.1, 0.15) is 5.69 Å². The Hall–Kier alpha value is -2.27. The molecule has 0 bridgehead atoms. The molecule has 0 aliphatic rings. The first-order valence-electron chi connectivity index (χ1n) is 6.09. The Morgan fingerprint density at radius 3 is 2.80 bits per heavy atom. The van der Waals surface area contributed by atoms with Crippen molar-refractivity contribution in [1.82, 2.24) is 14.8 Å². The van der Waals surface area contributed by atoms with Crippen LogP contribution < -0.4 is 5.32 Å². The Balaban J connectivity index is 1.98. The summed E-state index contributed by atoms with van der Waals surface area (Å²) in [7, 11) is 1.87. The van der Waals surface area contributed by atoms with Gasteiger partial charge in [0.2, 0.25) is 0 Å². The van der Waals surface area contributed by atoms with Gasteiger partial charge in [-0.15, -0.1) is 0 Å². The molecule has 3 rings (SSSR count). The number of aromatic hydroxyl groups is 1. The van der Waals surface area contributed by atoms with Gasteiger partial charge in [0, 0.05) is 18.1 Å². The maximum absolute atomic E-state index is 9.41. The molecule has 0 saturated carbocycles. The third-order valence-electron chi connectivity index (χ3n) is 3.10.